The molecule has 0 aromatic heterocycles. The molecule has 1 aromatic carbocycles. The number of β-amino-alcohol motifs (C(OH)–C–C–N with tert-alkyl or cyclic N) is 1. The fourth-order valence-electron chi connectivity index (χ4n) is 1.91. The predicted molar refractivity (Wildman–Crippen MR) is 70.5 cm³/mol. The van der Waals surface area contributed by atoms with Gasteiger partial charge in [-0.2, -0.15) is 4.31 Å². The summed E-state index contributed by atoms with van der Waals surface area (Å²) in [5, 5.41) is 18.4. The number of aliphatic hydroxyl groups is 1. The van der Waals surface area contributed by atoms with E-state index in [-0.39, 0.29) is 23.5 Å². The number of carboxylic acids is 1. The van der Waals surface area contributed by atoms with Gasteiger partial charge in [0.15, 0.2) is 0 Å². The lowest BCUT2D eigenvalue weighted by Gasteiger charge is -2.16. The Labute approximate surface area is 118 Å². The third kappa shape index (κ3) is 2.81. The maximum absolute atomic E-state index is 12.3. The molecule has 1 aliphatic heterocycles. The van der Waals surface area contributed by atoms with Gasteiger partial charge < -0.3 is 10.2 Å². The number of halogens is 1. The highest BCUT2D eigenvalue weighted by molar-refractivity contribution is 9.10. The van der Waals surface area contributed by atoms with E-state index in [4.69, 9.17) is 5.11 Å². The predicted octanol–water partition coefficient (Wildman–Crippen LogP) is 0.903. The van der Waals surface area contributed by atoms with E-state index < -0.39 is 22.1 Å². The molecule has 0 bridgehead atoms. The van der Waals surface area contributed by atoms with Crippen LogP contribution in [0.25, 0.3) is 0 Å². The highest BCUT2D eigenvalue weighted by Crippen LogP contribution is 2.25. The molecule has 8 heteroatoms. The fourth-order valence-corrected chi connectivity index (χ4v) is 3.84. The van der Waals surface area contributed by atoms with Crippen LogP contribution in [0.5, 0.6) is 0 Å². The first-order valence-corrected chi connectivity index (χ1v) is 7.76. The summed E-state index contributed by atoms with van der Waals surface area (Å²) >= 11 is 3.06. The average molecular weight is 350 g/mol. The van der Waals surface area contributed by atoms with Crippen molar-refractivity contribution >= 4 is 31.9 Å². The van der Waals surface area contributed by atoms with Crippen molar-refractivity contribution < 1.29 is 23.4 Å². The van der Waals surface area contributed by atoms with E-state index in [1.165, 1.54) is 12.1 Å². The minimum atomic E-state index is -3.76. The van der Waals surface area contributed by atoms with Crippen LogP contribution in [-0.2, 0) is 10.0 Å². The van der Waals surface area contributed by atoms with Gasteiger partial charge in [-0.15, -0.1) is 0 Å². The normalized spacial score (nSPS) is 20.6. The highest BCUT2D eigenvalue weighted by atomic mass is 79.9. The lowest BCUT2D eigenvalue weighted by atomic mass is 10.2. The van der Waals surface area contributed by atoms with Gasteiger partial charge in [-0.05, 0) is 40.5 Å². The molecule has 0 spiro atoms. The van der Waals surface area contributed by atoms with Crippen molar-refractivity contribution in [1.82, 2.24) is 4.31 Å². The van der Waals surface area contributed by atoms with Gasteiger partial charge in [0, 0.05) is 17.6 Å². The standard InChI is InChI=1S/C11H12BrNO5S/c12-10-2-1-8(5-9(10)11(15)16)19(17,18)13-4-3-7(14)6-13/h1-2,5,7,14H,3-4,6H2,(H,15,16)/t7-/m0/s1. The molecule has 1 fully saturated rings. The molecular formula is C11H12BrNO5S. The van der Waals surface area contributed by atoms with Crippen LogP contribution in [-0.4, -0.2) is 48.1 Å². The molecule has 1 heterocycles. The molecular weight excluding hydrogens is 338 g/mol. The van der Waals surface area contributed by atoms with Gasteiger partial charge in [-0.3, -0.25) is 0 Å². The number of hydrogen-bond donors (Lipinski definition) is 2. The minimum Gasteiger partial charge on any atom is -0.478 e. The third-order valence-electron chi connectivity index (χ3n) is 2.93. The van der Waals surface area contributed by atoms with Gasteiger partial charge in [0.2, 0.25) is 10.0 Å². The first-order chi connectivity index (χ1) is 8.82. The van der Waals surface area contributed by atoms with Crippen LogP contribution in [0.4, 0.5) is 0 Å². The number of carbonyl (C=O) groups is 1. The zero-order valence-electron chi connectivity index (χ0n) is 9.78. The Bertz CT molecular complexity index is 616. The number of benzene rings is 1. The number of aliphatic hydroxyl groups excluding tert-OH is 1. The molecule has 19 heavy (non-hydrogen) atoms. The maximum Gasteiger partial charge on any atom is 0.336 e. The smallest absolute Gasteiger partial charge is 0.336 e. The number of aromatic carboxylic acids is 1. The largest absolute Gasteiger partial charge is 0.478 e. The quantitative estimate of drug-likeness (QED) is 0.845. The summed E-state index contributed by atoms with van der Waals surface area (Å²) in [6.07, 6.45) is -0.272. The third-order valence-corrected chi connectivity index (χ3v) is 5.48. The Kier molecular flexibility index (Phi) is 3.95. The molecule has 1 aliphatic rings. The van der Waals surface area contributed by atoms with Crippen LogP contribution in [0, 0.1) is 0 Å². The van der Waals surface area contributed by atoms with Gasteiger partial charge in [-0.25, -0.2) is 13.2 Å². The number of nitrogens with zero attached hydrogens (tertiary/aromatic N) is 1. The van der Waals surface area contributed by atoms with Crippen molar-refractivity contribution in [3.8, 4) is 0 Å². The van der Waals surface area contributed by atoms with E-state index in [0.717, 1.165) is 10.4 Å². The van der Waals surface area contributed by atoms with E-state index in [9.17, 15) is 18.3 Å². The molecule has 1 saturated heterocycles. The second-order valence-electron chi connectivity index (χ2n) is 4.25. The van der Waals surface area contributed by atoms with Crippen molar-refractivity contribution in [1.29, 1.82) is 0 Å². The number of sulfonamides is 1. The summed E-state index contributed by atoms with van der Waals surface area (Å²) in [5.41, 5.74) is -0.110. The summed E-state index contributed by atoms with van der Waals surface area (Å²) in [6.45, 7) is 0.281. The maximum atomic E-state index is 12.3. The van der Waals surface area contributed by atoms with Crippen LogP contribution in [0.3, 0.4) is 0 Å². The monoisotopic (exact) mass is 349 g/mol. The molecule has 2 rings (SSSR count). The van der Waals surface area contributed by atoms with Crippen molar-refractivity contribution in [3.63, 3.8) is 0 Å². The number of rotatable bonds is 3. The van der Waals surface area contributed by atoms with Gasteiger partial charge in [0.05, 0.1) is 16.6 Å². The molecule has 0 unspecified atom stereocenters. The highest BCUT2D eigenvalue weighted by Gasteiger charge is 2.32. The first-order valence-electron chi connectivity index (χ1n) is 5.53. The van der Waals surface area contributed by atoms with Gasteiger partial charge >= 0.3 is 5.97 Å². The van der Waals surface area contributed by atoms with Crippen molar-refractivity contribution in [3.05, 3.63) is 28.2 Å². The Morgan fingerprint density at radius 2 is 2.11 bits per heavy atom. The second-order valence-corrected chi connectivity index (χ2v) is 7.04. The summed E-state index contributed by atoms with van der Waals surface area (Å²) < 4.78 is 26.0. The number of hydrogen-bond acceptors (Lipinski definition) is 4. The lowest BCUT2D eigenvalue weighted by molar-refractivity contribution is 0.0695. The minimum absolute atomic E-state index is 0.0425. The summed E-state index contributed by atoms with van der Waals surface area (Å²) in [6, 6.07) is 3.85. The zero-order chi connectivity index (χ0) is 14.2. The van der Waals surface area contributed by atoms with Crippen LogP contribution >= 0.6 is 15.9 Å². The molecule has 2 N–H and O–H groups in total. The topological polar surface area (TPSA) is 94.9 Å². The summed E-state index contributed by atoms with van der Waals surface area (Å²) in [7, 11) is -3.76. The molecule has 1 atom stereocenters. The van der Waals surface area contributed by atoms with Gasteiger partial charge in [-0.1, -0.05) is 0 Å². The molecule has 0 aliphatic carbocycles. The van der Waals surface area contributed by atoms with Crippen molar-refractivity contribution in [2.45, 2.75) is 17.4 Å². The van der Waals surface area contributed by atoms with E-state index in [1.807, 2.05) is 0 Å². The fraction of sp³-hybridized carbons (Fsp3) is 0.364. The van der Waals surface area contributed by atoms with Crippen LogP contribution < -0.4 is 0 Å². The van der Waals surface area contributed by atoms with Gasteiger partial charge in [0.1, 0.15) is 0 Å². The van der Waals surface area contributed by atoms with E-state index in [0.29, 0.717) is 10.9 Å². The average Bonchev–Trinajstić information content (AvgIpc) is 2.76. The Morgan fingerprint density at radius 3 is 2.63 bits per heavy atom. The molecule has 0 amide bonds. The lowest BCUT2D eigenvalue weighted by Crippen LogP contribution is -2.29. The molecule has 1 aromatic rings. The summed E-state index contributed by atoms with van der Waals surface area (Å²) in [4.78, 5) is 10.9. The molecule has 104 valence electrons. The van der Waals surface area contributed by atoms with E-state index >= 15 is 0 Å². The van der Waals surface area contributed by atoms with Crippen LogP contribution in [0.1, 0.15) is 16.8 Å². The van der Waals surface area contributed by atoms with Crippen LogP contribution in [0.2, 0.25) is 0 Å². The first kappa shape index (κ1) is 14.4. The number of carboxylic acid groups (broad SMARTS) is 1. The van der Waals surface area contributed by atoms with E-state index in [1.54, 1.807) is 0 Å². The van der Waals surface area contributed by atoms with Crippen molar-refractivity contribution in [2.24, 2.45) is 0 Å². The second kappa shape index (κ2) is 5.20. The molecule has 0 radical (unpaired) electrons. The SMILES string of the molecule is O=C(O)c1cc(S(=O)(=O)N2CC[C@H](O)C2)ccc1Br. The summed E-state index contributed by atoms with van der Waals surface area (Å²) in [5.74, 6) is -1.20. The van der Waals surface area contributed by atoms with E-state index in [2.05, 4.69) is 15.9 Å². The zero-order valence-corrected chi connectivity index (χ0v) is 12.2. The Hall–Kier alpha value is -0.960. The molecule has 6 nitrogen and oxygen atoms in total. The van der Waals surface area contributed by atoms with Crippen LogP contribution in [0.15, 0.2) is 27.6 Å². The molecule has 0 saturated carbocycles. The Morgan fingerprint density at radius 1 is 1.42 bits per heavy atom. The van der Waals surface area contributed by atoms with Gasteiger partial charge in [0.25, 0.3) is 0 Å². The Balaban J connectivity index is 2.41. The van der Waals surface area contributed by atoms with Crippen molar-refractivity contribution in [2.75, 3.05) is 13.1 Å².